The standard InChI is InChI=1S/C18H14ClNO2/c19-15-9-10-16(18-14(15)7-4-12-20-18)22-17(21)11-8-13-5-2-1-3-6-13/h1-7,9-10,12H,8,11H2. The number of esters is 1. The fourth-order valence-corrected chi connectivity index (χ4v) is 2.47. The molecule has 0 N–H and O–H groups in total. The largest absolute Gasteiger partial charge is 0.424 e. The SMILES string of the molecule is O=C(CCc1ccccc1)Oc1ccc(Cl)c2cccnc12. The molecule has 0 aliphatic heterocycles. The minimum Gasteiger partial charge on any atom is -0.424 e. The lowest BCUT2D eigenvalue weighted by molar-refractivity contribution is -0.134. The number of rotatable bonds is 4. The number of aromatic nitrogens is 1. The van der Waals surface area contributed by atoms with Crippen LogP contribution in [0, 0.1) is 0 Å². The molecular weight excluding hydrogens is 298 g/mol. The second-order valence-corrected chi connectivity index (χ2v) is 5.31. The lowest BCUT2D eigenvalue weighted by Crippen LogP contribution is -2.09. The number of ether oxygens (including phenoxy) is 1. The van der Waals surface area contributed by atoms with E-state index in [2.05, 4.69) is 4.98 Å². The van der Waals surface area contributed by atoms with E-state index < -0.39 is 0 Å². The van der Waals surface area contributed by atoms with Crippen molar-refractivity contribution in [1.82, 2.24) is 4.98 Å². The molecule has 110 valence electrons. The number of fused-ring (bicyclic) bond motifs is 1. The second kappa shape index (κ2) is 6.58. The second-order valence-electron chi connectivity index (χ2n) is 4.90. The lowest BCUT2D eigenvalue weighted by Gasteiger charge is -2.08. The van der Waals surface area contributed by atoms with Gasteiger partial charge in [-0.1, -0.05) is 41.9 Å². The van der Waals surface area contributed by atoms with Gasteiger partial charge in [0.05, 0.1) is 5.02 Å². The van der Waals surface area contributed by atoms with E-state index in [1.54, 1.807) is 24.4 Å². The van der Waals surface area contributed by atoms with Crippen LogP contribution in [0.2, 0.25) is 5.02 Å². The molecule has 0 atom stereocenters. The van der Waals surface area contributed by atoms with E-state index in [9.17, 15) is 4.79 Å². The van der Waals surface area contributed by atoms with Crippen LogP contribution in [0.3, 0.4) is 0 Å². The summed E-state index contributed by atoms with van der Waals surface area (Å²) in [5, 5.41) is 1.37. The van der Waals surface area contributed by atoms with Crippen molar-refractivity contribution in [2.75, 3.05) is 0 Å². The molecule has 0 bridgehead atoms. The highest BCUT2D eigenvalue weighted by atomic mass is 35.5. The van der Waals surface area contributed by atoms with E-state index in [1.807, 2.05) is 36.4 Å². The highest BCUT2D eigenvalue weighted by Crippen LogP contribution is 2.29. The number of nitrogens with zero attached hydrogens (tertiary/aromatic N) is 1. The summed E-state index contributed by atoms with van der Waals surface area (Å²) in [4.78, 5) is 16.3. The molecule has 0 aliphatic carbocycles. The maximum atomic E-state index is 12.0. The Kier molecular flexibility index (Phi) is 4.35. The third-order valence-electron chi connectivity index (χ3n) is 3.36. The topological polar surface area (TPSA) is 39.2 Å². The molecule has 4 heteroatoms. The highest BCUT2D eigenvalue weighted by molar-refractivity contribution is 6.35. The number of hydrogen-bond acceptors (Lipinski definition) is 3. The summed E-state index contributed by atoms with van der Waals surface area (Å²) in [6.07, 6.45) is 2.62. The van der Waals surface area contributed by atoms with Gasteiger partial charge < -0.3 is 4.74 Å². The van der Waals surface area contributed by atoms with Crippen LogP contribution in [0.5, 0.6) is 5.75 Å². The first-order valence-corrected chi connectivity index (χ1v) is 7.39. The molecule has 1 aromatic heterocycles. The molecule has 0 amide bonds. The summed E-state index contributed by atoms with van der Waals surface area (Å²) in [6.45, 7) is 0. The number of halogens is 1. The number of carbonyl (C=O) groups is 1. The average molecular weight is 312 g/mol. The number of hydrogen-bond donors (Lipinski definition) is 0. The zero-order valence-corrected chi connectivity index (χ0v) is 12.6. The molecule has 3 rings (SSSR count). The first kappa shape index (κ1) is 14.5. The Balaban J connectivity index is 1.73. The van der Waals surface area contributed by atoms with Crippen molar-refractivity contribution >= 4 is 28.5 Å². The Labute approximate surface area is 133 Å². The summed E-state index contributed by atoms with van der Waals surface area (Å²) in [7, 11) is 0. The Morgan fingerprint density at radius 1 is 1.05 bits per heavy atom. The molecule has 0 radical (unpaired) electrons. The highest BCUT2D eigenvalue weighted by Gasteiger charge is 2.11. The molecular formula is C18H14ClNO2. The predicted molar refractivity (Wildman–Crippen MR) is 87.2 cm³/mol. The molecule has 3 aromatic rings. The first-order valence-electron chi connectivity index (χ1n) is 7.02. The van der Waals surface area contributed by atoms with Crippen LogP contribution >= 0.6 is 11.6 Å². The summed E-state index contributed by atoms with van der Waals surface area (Å²) >= 11 is 6.13. The zero-order chi connectivity index (χ0) is 15.4. The zero-order valence-electron chi connectivity index (χ0n) is 11.8. The van der Waals surface area contributed by atoms with Gasteiger partial charge >= 0.3 is 5.97 Å². The van der Waals surface area contributed by atoms with E-state index in [1.165, 1.54) is 0 Å². The molecule has 22 heavy (non-hydrogen) atoms. The van der Waals surface area contributed by atoms with Crippen molar-refractivity contribution < 1.29 is 9.53 Å². The average Bonchev–Trinajstić information content (AvgIpc) is 2.57. The maximum Gasteiger partial charge on any atom is 0.311 e. The fourth-order valence-electron chi connectivity index (χ4n) is 2.26. The minimum atomic E-state index is -0.280. The third kappa shape index (κ3) is 3.26. The first-order chi connectivity index (χ1) is 10.7. The van der Waals surface area contributed by atoms with Gasteiger partial charge in [-0.2, -0.15) is 0 Å². The van der Waals surface area contributed by atoms with Crippen LogP contribution in [0.15, 0.2) is 60.8 Å². The van der Waals surface area contributed by atoms with Gasteiger partial charge in [0.2, 0.25) is 0 Å². The van der Waals surface area contributed by atoms with Gasteiger partial charge in [-0.05, 0) is 36.2 Å². The Bertz CT molecular complexity index is 803. The van der Waals surface area contributed by atoms with Crippen molar-refractivity contribution in [2.45, 2.75) is 12.8 Å². The molecule has 0 saturated carbocycles. The van der Waals surface area contributed by atoms with Crippen LogP contribution in [0.4, 0.5) is 0 Å². The van der Waals surface area contributed by atoms with Gasteiger partial charge in [-0.25, -0.2) is 0 Å². The quantitative estimate of drug-likeness (QED) is 0.528. The van der Waals surface area contributed by atoms with E-state index >= 15 is 0 Å². The van der Waals surface area contributed by atoms with E-state index in [4.69, 9.17) is 16.3 Å². The van der Waals surface area contributed by atoms with Crippen LogP contribution < -0.4 is 4.74 Å². The smallest absolute Gasteiger partial charge is 0.311 e. The van der Waals surface area contributed by atoms with Gasteiger partial charge in [-0.3, -0.25) is 9.78 Å². The van der Waals surface area contributed by atoms with Gasteiger partial charge in [0, 0.05) is 18.0 Å². The summed E-state index contributed by atoms with van der Waals surface area (Å²) in [5.41, 5.74) is 1.71. The molecule has 1 heterocycles. The van der Waals surface area contributed by atoms with Crippen molar-refractivity contribution in [3.63, 3.8) is 0 Å². The van der Waals surface area contributed by atoms with Crippen LogP contribution in [-0.4, -0.2) is 11.0 Å². The van der Waals surface area contributed by atoms with Crippen LogP contribution in [0.1, 0.15) is 12.0 Å². The summed E-state index contributed by atoms with van der Waals surface area (Å²) in [5.74, 6) is 0.163. The van der Waals surface area contributed by atoms with Crippen LogP contribution in [-0.2, 0) is 11.2 Å². The Morgan fingerprint density at radius 3 is 2.68 bits per heavy atom. The molecule has 3 nitrogen and oxygen atoms in total. The van der Waals surface area contributed by atoms with Gasteiger partial charge in [0.25, 0.3) is 0 Å². The predicted octanol–water partition coefficient (Wildman–Crippen LogP) is 4.43. The van der Waals surface area contributed by atoms with E-state index in [0.29, 0.717) is 29.1 Å². The molecule has 2 aromatic carbocycles. The number of aryl methyl sites for hydroxylation is 1. The minimum absolute atomic E-state index is 0.280. The van der Waals surface area contributed by atoms with Crippen LogP contribution in [0.25, 0.3) is 10.9 Å². The molecule has 0 spiro atoms. The van der Waals surface area contributed by atoms with Crippen molar-refractivity contribution in [2.24, 2.45) is 0 Å². The van der Waals surface area contributed by atoms with E-state index in [-0.39, 0.29) is 5.97 Å². The molecule has 0 unspecified atom stereocenters. The Hall–Kier alpha value is -2.39. The van der Waals surface area contributed by atoms with Gasteiger partial charge in [-0.15, -0.1) is 0 Å². The lowest BCUT2D eigenvalue weighted by atomic mass is 10.1. The van der Waals surface area contributed by atoms with Crippen molar-refractivity contribution in [3.05, 3.63) is 71.4 Å². The number of carbonyl (C=O) groups excluding carboxylic acids is 1. The maximum absolute atomic E-state index is 12.0. The van der Waals surface area contributed by atoms with Gasteiger partial charge in [0.15, 0.2) is 5.75 Å². The Morgan fingerprint density at radius 2 is 1.86 bits per heavy atom. The van der Waals surface area contributed by atoms with Gasteiger partial charge in [0.1, 0.15) is 5.52 Å². The normalized spacial score (nSPS) is 10.6. The monoisotopic (exact) mass is 311 g/mol. The van der Waals surface area contributed by atoms with E-state index in [0.717, 1.165) is 10.9 Å². The third-order valence-corrected chi connectivity index (χ3v) is 3.69. The fraction of sp³-hybridized carbons (Fsp3) is 0.111. The summed E-state index contributed by atoms with van der Waals surface area (Å²) < 4.78 is 5.44. The molecule has 0 saturated heterocycles. The molecule has 0 fully saturated rings. The van der Waals surface area contributed by atoms with Crippen molar-refractivity contribution in [1.29, 1.82) is 0 Å². The molecule has 0 aliphatic rings. The summed E-state index contributed by atoms with van der Waals surface area (Å²) in [6, 6.07) is 16.9. The van der Waals surface area contributed by atoms with Crippen molar-refractivity contribution in [3.8, 4) is 5.75 Å². The number of pyridine rings is 1. The number of benzene rings is 2.